The summed E-state index contributed by atoms with van der Waals surface area (Å²) < 4.78 is 5.56. The molecule has 2 aliphatic rings. The molecule has 2 saturated carbocycles. The van der Waals surface area contributed by atoms with Crippen molar-refractivity contribution in [3.05, 3.63) is 29.8 Å². The molecule has 1 N–H and O–H groups in total. The SMILES string of the molecule is CCNCC1(Cc2ccccc2OC)CC2CCC1C2. The van der Waals surface area contributed by atoms with Gasteiger partial charge >= 0.3 is 0 Å². The highest BCUT2D eigenvalue weighted by Crippen LogP contribution is 2.57. The zero-order chi connectivity index (χ0) is 14.0. The van der Waals surface area contributed by atoms with Gasteiger partial charge in [0.1, 0.15) is 5.75 Å². The van der Waals surface area contributed by atoms with Crippen LogP contribution in [0.15, 0.2) is 24.3 Å². The second-order valence-electron chi connectivity index (χ2n) is 6.71. The topological polar surface area (TPSA) is 21.3 Å². The van der Waals surface area contributed by atoms with Gasteiger partial charge in [-0.1, -0.05) is 31.5 Å². The smallest absolute Gasteiger partial charge is 0.122 e. The van der Waals surface area contributed by atoms with E-state index in [0.29, 0.717) is 5.41 Å². The van der Waals surface area contributed by atoms with Gasteiger partial charge in [0.05, 0.1) is 7.11 Å². The molecule has 3 rings (SSSR count). The summed E-state index contributed by atoms with van der Waals surface area (Å²) in [6.45, 7) is 4.46. The predicted octanol–water partition coefficient (Wildman–Crippen LogP) is 3.65. The van der Waals surface area contributed by atoms with Gasteiger partial charge < -0.3 is 10.1 Å². The minimum Gasteiger partial charge on any atom is -0.496 e. The average Bonchev–Trinajstić information content (AvgIpc) is 3.07. The van der Waals surface area contributed by atoms with Gasteiger partial charge in [0.15, 0.2) is 0 Å². The Morgan fingerprint density at radius 3 is 2.80 bits per heavy atom. The first-order valence-electron chi connectivity index (χ1n) is 8.10. The van der Waals surface area contributed by atoms with E-state index >= 15 is 0 Å². The maximum Gasteiger partial charge on any atom is 0.122 e. The third-order valence-electron chi connectivity index (χ3n) is 5.56. The number of methoxy groups -OCH3 is 1. The lowest BCUT2D eigenvalue weighted by Crippen LogP contribution is -2.40. The quantitative estimate of drug-likeness (QED) is 0.854. The number of rotatable bonds is 6. The van der Waals surface area contributed by atoms with E-state index < -0.39 is 0 Å². The molecule has 0 heterocycles. The lowest BCUT2D eigenvalue weighted by atomic mass is 9.69. The molecular formula is C18H27NO. The molecule has 2 aliphatic carbocycles. The Morgan fingerprint density at radius 2 is 2.15 bits per heavy atom. The fraction of sp³-hybridized carbons (Fsp3) is 0.667. The molecule has 2 heteroatoms. The largest absolute Gasteiger partial charge is 0.496 e. The number of nitrogens with one attached hydrogen (secondary N) is 1. The molecule has 20 heavy (non-hydrogen) atoms. The zero-order valence-electron chi connectivity index (χ0n) is 12.8. The van der Waals surface area contributed by atoms with Gasteiger partial charge in [-0.25, -0.2) is 0 Å². The van der Waals surface area contributed by atoms with Crippen LogP contribution in [0.25, 0.3) is 0 Å². The third-order valence-corrected chi connectivity index (χ3v) is 5.56. The third kappa shape index (κ3) is 2.46. The Balaban J connectivity index is 1.83. The summed E-state index contributed by atoms with van der Waals surface area (Å²) in [4.78, 5) is 0. The van der Waals surface area contributed by atoms with Crippen LogP contribution < -0.4 is 10.1 Å². The van der Waals surface area contributed by atoms with E-state index in [4.69, 9.17) is 4.74 Å². The van der Waals surface area contributed by atoms with E-state index in [9.17, 15) is 0 Å². The van der Waals surface area contributed by atoms with Crippen molar-refractivity contribution in [1.29, 1.82) is 0 Å². The summed E-state index contributed by atoms with van der Waals surface area (Å²) in [6, 6.07) is 8.56. The summed E-state index contributed by atoms with van der Waals surface area (Å²) >= 11 is 0. The fourth-order valence-electron chi connectivity index (χ4n) is 4.66. The van der Waals surface area contributed by atoms with Crippen LogP contribution in [0, 0.1) is 17.3 Å². The van der Waals surface area contributed by atoms with Crippen molar-refractivity contribution in [3.8, 4) is 5.75 Å². The monoisotopic (exact) mass is 273 g/mol. The number of hydrogen-bond donors (Lipinski definition) is 1. The molecule has 0 aromatic heterocycles. The molecule has 0 spiro atoms. The zero-order valence-corrected chi connectivity index (χ0v) is 12.8. The normalized spacial score (nSPS) is 31.7. The summed E-state index contributed by atoms with van der Waals surface area (Å²) in [5.74, 6) is 2.95. The maximum atomic E-state index is 5.56. The fourth-order valence-corrected chi connectivity index (χ4v) is 4.66. The van der Waals surface area contributed by atoms with Crippen molar-refractivity contribution in [2.24, 2.45) is 17.3 Å². The van der Waals surface area contributed by atoms with Crippen LogP contribution in [-0.4, -0.2) is 20.2 Å². The van der Waals surface area contributed by atoms with Gasteiger partial charge in [0, 0.05) is 6.54 Å². The Hall–Kier alpha value is -1.02. The molecule has 0 saturated heterocycles. The predicted molar refractivity (Wildman–Crippen MR) is 83.1 cm³/mol. The van der Waals surface area contributed by atoms with E-state index in [1.165, 1.54) is 44.2 Å². The highest BCUT2D eigenvalue weighted by Gasteiger charge is 2.50. The number of para-hydroxylation sites is 1. The molecule has 1 aromatic carbocycles. The van der Waals surface area contributed by atoms with E-state index in [1.807, 2.05) is 0 Å². The number of hydrogen-bond acceptors (Lipinski definition) is 2. The highest BCUT2D eigenvalue weighted by molar-refractivity contribution is 5.34. The van der Waals surface area contributed by atoms with Gasteiger partial charge in [-0.05, 0) is 61.1 Å². The molecule has 0 radical (unpaired) electrons. The van der Waals surface area contributed by atoms with E-state index in [0.717, 1.165) is 24.1 Å². The van der Waals surface area contributed by atoms with Crippen molar-refractivity contribution < 1.29 is 4.74 Å². The number of ether oxygens (including phenoxy) is 1. The summed E-state index contributed by atoms with van der Waals surface area (Å²) in [7, 11) is 1.79. The molecule has 110 valence electrons. The lowest BCUT2D eigenvalue weighted by molar-refractivity contribution is 0.156. The Bertz CT molecular complexity index is 458. The van der Waals surface area contributed by atoms with Crippen LogP contribution in [-0.2, 0) is 6.42 Å². The Kier molecular flexibility index (Phi) is 4.02. The molecule has 3 atom stereocenters. The molecule has 0 aliphatic heterocycles. The number of fused-ring (bicyclic) bond motifs is 2. The van der Waals surface area contributed by atoms with Crippen LogP contribution in [0.5, 0.6) is 5.75 Å². The molecule has 2 fully saturated rings. The molecular weight excluding hydrogens is 246 g/mol. The van der Waals surface area contributed by atoms with E-state index in [2.05, 4.69) is 36.5 Å². The summed E-state index contributed by atoms with van der Waals surface area (Å²) in [5, 5.41) is 3.63. The van der Waals surface area contributed by atoms with Crippen molar-refractivity contribution in [3.63, 3.8) is 0 Å². The van der Waals surface area contributed by atoms with Crippen LogP contribution in [0.3, 0.4) is 0 Å². The highest BCUT2D eigenvalue weighted by atomic mass is 16.5. The van der Waals surface area contributed by atoms with Gasteiger partial charge in [0.25, 0.3) is 0 Å². The maximum absolute atomic E-state index is 5.56. The summed E-state index contributed by atoms with van der Waals surface area (Å²) in [6.07, 6.45) is 6.93. The van der Waals surface area contributed by atoms with Gasteiger partial charge in [0.2, 0.25) is 0 Å². The first-order chi connectivity index (χ1) is 9.77. The van der Waals surface area contributed by atoms with Crippen LogP contribution in [0.4, 0.5) is 0 Å². The van der Waals surface area contributed by atoms with Gasteiger partial charge in [-0.2, -0.15) is 0 Å². The Labute approximate surface area is 122 Å². The minimum atomic E-state index is 0.466. The second-order valence-corrected chi connectivity index (χ2v) is 6.71. The molecule has 2 nitrogen and oxygen atoms in total. The lowest BCUT2D eigenvalue weighted by Gasteiger charge is -2.38. The Morgan fingerprint density at radius 1 is 1.30 bits per heavy atom. The second kappa shape index (κ2) is 5.77. The minimum absolute atomic E-state index is 0.466. The van der Waals surface area contributed by atoms with Crippen molar-refractivity contribution in [2.75, 3.05) is 20.2 Å². The standard InChI is InChI=1S/C18H27NO/c1-3-19-13-18(11-14-8-9-16(18)10-14)12-15-6-4-5-7-17(15)20-2/h4-7,14,16,19H,3,8-13H2,1-2H3. The van der Waals surface area contributed by atoms with Crippen molar-refractivity contribution in [2.45, 2.75) is 39.0 Å². The molecule has 2 bridgehead atoms. The molecule has 0 amide bonds. The molecule has 3 unspecified atom stereocenters. The van der Waals surface area contributed by atoms with Crippen molar-refractivity contribution in [1.82, 2.24) is 5.32 Å². The molecule has 1 aromatic rings. The van der Waals surface area contributed by atoms with Crippen LogP contribution in [0.2, 0.25) is 0 Å². The van der Waals surface area contributed by atoms with Gasteiger partial charge in [-0.3, -0.25) is 0 Å². The first-order valence-corrected chi connectivity index (χ1v) is 8.10. The van der Waals surface area contributed by atoms with Crippen LogP contribution in [0.1, 0.15) is 38.2 Å². The first kappa shape index (κ1) is 13.9. The van der Waals surface area contributed by atoms with E-state index in [-0.39, 0.29) is 0 Å². The average molecular weight is 273 g/mol. The van der Waals surface area contributed by atoms with Crippen molar-refractivity contribution >= 4 is 0 Å². The summed E-state index contributed by atoms with van der Waals surface area (Å²) in [5.41, 5.74) is 1.86. The van der Waals surface area contributed by atoms with Gasteiger partial charge in [-0.15, -0.1) is 0 Å². The van der Waals surface area contributed by atoms with E-state index in [1.54, 1.807) is 7.11 Å². The van der Waals surface area contributed by atoms with Crippen LogP contribution >= 0.6 is 0 Å². The number of benzene rings is 1.